The normalized spacial score (nSPS) is 12.8. The van der Waals surface area contributed by atoms with Crippen LogP contribution in [0.2, 0.25) is 0 Å². The highest BCUT2D eigenvalue weighted by Gasteiger charge is 2.00. The zero-order valence-electron chi connectivity index (χ0n) is 6.92. The maximum atomic E-state index is 11.5. The van der Waals surface area contributed by atoms with Gasteiger partial charge in [-0.2, -0.15) is 0 Å². The third-order valence-electron chi connectivity index (χ3n) is 1.47. The molecular weight excluding hydrogens is 236 g/mol. The van der Waals surface area contributed by atoms with E-state index in [1.54, 1.807) is 0 Å². The molecular formula is C9H11BrOS. The van der Waals surface area contributed by atoms with Crippen LogP contribution < -0.4 is 0 Å². The first kappa shape index (κ1) is 9.93. The lowest BCUT2D eigenvalue weighted by Gasteiger charge is -1.99. The summed E-state index contributed by atoms with van der Waals surface area (Å²) in [4.78, 5) is 0.917. The SMILES string of the molecule is CCCS(=O)c1ccc(Br)cc1. The van der Waals surface area contributed by atoms with Gasteiger partial charge in [0.2, 0.25) is 0 Å². The van der Waals surface area contributed by atoms with Gasteiger partial charge in [0, 0.05) is 15.1 Å². The Labute approximate surface area is 83.8 Å². The average molecular weight is 247 g/mol. The zero-order valence-corrected chi connectivity index (χ0v) is 9.32. The fourth-order valence-electron chi connectivity index (χ4n) is 0.890. The summed E-state index contributed by atoms with van der Waals surface area (Å²) < 4.78 is 12.5. The number of hydrogen-bond acceptors (Lipinski definition) is 1. The lowest BCUT2D eigenvalue weighted by molar-refractivity contribution is 0.682. The van der Waals surface area contributed by atoms with Crippen LogP contribution in [0.15, 0.2) is 33.6 Å². The molecule has 0 fully saturated rings. The van der Waals surface area contributed by atoms with Gasteiger partial charge in [-0.05, 0) is 30.7 Å². The van der Waals surface area contributed by atoms with Crippen LogP contribution >= 0.6 is 15.9 Å². The van der Waals surface area contributed by atoms with Crippen LogP contribution in [0.25, 0.3) is 0 Å². The van der Waals surface area contributed by atoms with E-state index in [4.69, 9.17) is 0 Å². The molecule has 0 aliphatic carbocycles. The molecule has 0 radical (unpaired) electrons. The van der Waals surface area contributed by atoms with Crippen molar-refractivity contribution in [2.24, 2.45) is 0 Å². The van der Waals surface area contributed by atoms with E-state index in [9.17, 15) is 4.21 Å². The predicted molar refractivity (Wildman–Crippen MR) is 55.7 cm³/mol. The van der Waals surface area contributed by atoms with Crippen molar-refractivity contribution in [1.82, 2.24) is 0 Å². The summed E-state index contributed by atoms with van der Waals surface area (Å²) in [5.74, 6) is 0.752. The molecule has 1 unspecified atom stereocenters. The monoisotopic (exact) mass is 246 g/mol. The van der Waals surface area contributed by atoms with E-state index in [0.29, 0.717) is 0 Å². The summed E-state index contributed by atoms with van der Waals surface area (Å²) in [7, 11) is -0.813. The Bertz CT molecular complexity index is 268. The van der Waals surface area contributed by atoms with Gasteiger partial charge in [0.25, 0.3) is 0 Å². The van der Waals surface area contributed by atoms with E-state index in [1.165, 1.54) is 0 Å². The maximum absolute atomic E-state index is 11.5. The van der Waals surface area contributed by atoms with Gasteiger partial charge in [0.15, 0.2) is 0 Å². The molecule has 1 aromatic rings. The first-order chi connectivity index (χ1) is 5.74. The van der Waals surface area contributed by atoms with Gasteiger partial charge in [-0.1, -0.05) is 22.9 Å². The van der Waals surface area contributed by atoms with Crippen LogP contribution in [0.4, 0.5) is 0 Å². The average Bonchev–Trinajstić information content (AvgIpc) is 2.06. The summed E-state index contributed by atoms with van der Waals surface area (Å²) in [6, 6.07) is 7.64. The Hall–Kier alpha value is -0.150. The second-order valence-electron chi connectivity index (χ2n) is 2.50. The van der Waals surface area contributed by atoms with Crippen molar-refractivity contribution in [2.45, 2.75) is 18.2 Å². The summed E-state index contributed by atoms with van der Waals surface area (Å²) in [6.07, 6.45) is 0.961. The van der Waals surface area contributed by atoms with Gasteiger partial charge < -0.3 is 0 Å². The maximum Gasteiger partial charge on any atom is 0.0529 e. The fraction of sp³-hybridized carbons (Fsp3) is 0.333. The molecule has 0 saturated heterocycles. The molecule has 0 bridgehead atoms. The molecule has 3 heteroatoms. The van der Waals surface area contributed by atoms with Gasteiger partial charge >= 0.3 is 0 Å². The summed E-state index contributed by atoms with van der Waals surface area (Å²) in [5, 5.41) is 0. The Morgan fingerprint density at radius 3 is 2.42 bits per heavy atom. The minimum absolute atomic E-state index is 0.752. The van der Waals surface area contributed by atoms with E-state index >= 15 is 0 Å². The largest absolute Gasteiger partial charge is 0.254 e. The van der Waals surface area contributed by atoms with E-state index in [-0.39, 0.29) is 0 Å². The molecule has 1 rings (SSSR count). The summed E-state index contributed by atoms with van der Waals surface area (Å²) in [5.41, 5.74) is 0. The van der Waals surface area contributed by atoms with Crippen molar-refractivity contribution >= 4 is 26.7 Å². The molecule has 0 aliphatic rings. The van der Waals surface area contributed by atoms with Crippen molar-refractivity contribution in [3.63, 3.8) is 0 Å². The standard InChI is InChI=1S/C9H11BrOS/c1-2-7-12(11)9-5-3-8(10)4-6-9/h3-6H,2,7H2,1H3. The van der Waals surface area contributed by atoms with E-state index < -0.39 is 10.8 Å². The Balaban J connectivity index is 2.75. The van der Waals surface area contributed by atoms with Crippen molar-refractivity contribution in [1.29, 1.82) is 0 Å². The predicted octanol–water partition coefficient (Wildman–Crippen LogP) is 2.97. The number of hydrogen-bond donors (Lipinski definition) is 0. The number of benzene rings is 1. The molecule has 0 aromatic heterocycles. The minimum atomic E-state index is -0.813. The molecule has 1 nitrogen and oxygen atoms in total. The summed E-state index contributed by atoms with van der Waals surface area (Å²) >= 11 is 3.33. The smallest absolute Gasteiger partial charge is 0.0529 e. The van der Waals surface area contributed by atoms with Gasteiger partial charge in [0.05, 0.1) is 10.8 Å². The number of rotatable bonds is 3. The molecule has 0 amide bonds. The molecule has 0 heterocycles. The van der Waals surface area contributed by atoms with Crippen LogP contribution in [0, 0.1) is 0 Å². The Morgan fingerprint density at radius 2 is 1.92 bits per heavy atom. The summed E-state index contributed by atoms with van der Waals surface area (Å²) in [6.45, 7) is 2.04. The van der Waals surface area contributed by atoms with Crippen LogP contribution in [0.3, 0.4) is 0 Å². The van der Waals surface area contributed by atoms with Gasteiger partial charge in [-0.3, -0.25) is 4.21 Å². The van der Waals surface area contributed by atoms with Crippen molar-refractivity contribution < 1.29 is 4.21 Å². The van der Waals surface area contributed by atoms with Crippen LogP contribution in [-0.4, -0.2) is 9.96 Å². The van der Waals surface area contributed by atoms with E-state index in [2.05, 4.69) is 15.9 Å². The molecule has 66 valence electrons. The third kappa shape index (κ3) is 2.72. The van der Waals surface area contributed by atoms with Crippen molar-refractivity contribution in [2.75, 3.05) is 5.75 Å². The number of halogens is 1. The van der Waals surface area contributed by atoms with E-state index in [1.807, 2.05) is 31.2 Å². The van der Waals surface area contributed by atoms with Crippen molar-refractivity contribution in [3.8, 4) is 0 Å². The molecule has 1 aromatic carbocycles. The second-order valence-corrected chi connectivity index (χ2v) is 4.99. The zero-order chi connectivity index (χ0) is 8.97. The van der Waals surface area contributed by atoms with Gasteiger partial charge in [0.1, 0.15) is 0 Å². The van der Waals surface area contributed by atoms with Crippen LogP contribution in [-0.2, 0) is 10.8 Å². The Kier molecular flexibility index (Phi) is 3.95. The topological polar surface area (TPSA) is 17.1 Å². The Morgan fingerprint density at radius 1 is 1.33 bits per heavy atom. The third-order valence-corrected chi connectivity index (χ3v) is 3.57. The molecule has 0 aliphatic heterocycles. The van der Waals surface area contributed by atoms with Gasteiger partial charge in [-0.15, -0.1) is 0 Å². The molecule has 0 spiro atoms. The lowest BCUT2D eigenvalue weighted by atomic mass is 10.4. The quantitative estimate of drug-likeness (QED) is 0.802. The van der Waals surface area contributed by atoms with Crippen molar-refractivity contribution in [3.05, 3.63) is 28.7 Å². The molecule has 12 heavy (non-hydrogen) atoms. The molecule has 0 saturated carbocycles. The highest BCUT2D eigenvalue weighted by molar-refractivity contribution is 9.10. The highest BCUT2D eigenvalue weighted by atomic mass is 79.9. The van der Waals surface area contributed by atoms with Crippen LogP contribution in [0.1, 0.15) is 13.3 Å². The molecule has 1 atom stereocenters. The second kappa shape index (κ2) is 4.77. The first-order valence-electron chi connectivity index (χ1n) is 3.88. The van der Waals surface area contributed by atoms with Crippen LogP contribution in [0.5, 0.6) is 0 Å². The molecule has 0 N–H and O–H groups in total. The lowest BCUT2D eigenvalue weighted by Crippen LogP contribution is -1.95. The van der Waals surface area contributed by atoms with Gasteiger partial charge in [-0.25, -0.2) is 0 Å². The van der Waals surface area contributed by atoms with E-state index in [0.717, 1.165) is 21.5 Å². The minimum Gasteiger partial charge on any atom is -0.254 e. The fourth-order valence-corrected chi connectivity index (χ4v) is 2.20. The highest BCUT2D eigenvalue weighted by Crippen LogP contribution is 2.13. The first-order valence-corrected chi connectivity index (χ1v) is 5.99.